The maximum Gasteiger partial charge on any atom is 0.239 e. The van der Waals surface area contributed by atoms with Gasteiger partial charge in [0.25, 0.3) is 0 Å². The molecule has 0 aromatic heterocycles. The first-order valence-electron chi connectivity index (χ1n) is 21.4. The van der Waals surface area contributed by atoms with Gasteiger partial charge in [-0.3, -0.25) is 9.59 Å². The highest BCUT2D eigenvalue weighted by atomic mass is 35.5. The molecule has 0 aliphatic heterocycles. The van der Waals surface area contributed by atoms with E-state index in [1.54, 1.807) is 57.2 Å². The number of para-hydroxylation sites is 1. The van der Waals surface area contributed by atoms with Crippen molar-refractivity contribution in [2.24, 2.45) is 5.41 Å². The largest absolute Gasteiger partial charge is 0.489 e. The fourth-order valence-corrected chi connectivity index (χ4v) is 9.84. The number of Topliss-reactive ketones (excluding diaryl/α,β-unsaturated/α-hetero) is 1. The summed E-state index contributed by atoms with van der Waals surface area (Å²) in [6, 6.07) is 30.5. The molecule has 0 spiro atoms. The van der Waals surface area contributed by atoms with Crippen molar-refractivity contribution in [2.45, 2.75) is 138 Å². The van der Waals surface area contributed by atoms with Crippen molar-refractivity contribution in [3.63, 3.8) is 0 Å². The second-order valence-electron chi connectivity index (χ2n) is 16.5. The molecule has 4 aromatic rings. The van der Waals surface area contributed by atoms with E-state index < -0.39 is 54.5 Å². The number of unbranched alkanes of at least 4 members (excludes halogenated alkanes) is 8. The smallest absolute Gasteiger partial charge is 0.239 e. The number of hydrogen-bond acceptors (Lipinski definition) is 8. The molecule has 0 aliphatic rings. The lowest BCUT2D eigenvalue weighted by atomic mass is 9.85. The van der Waals surface area contributed by atoms with E-state index in [9.17, 15) is 26.4 Å². The Hall–Kier alpha value is -4.23. The SMILES string of the molecule is CCCCCCCCCCCC(CCC(Cl)C(Oc1ccc(S(=O)(=O)c2ccc(OCc3ccccc3)cc2)cc1)C(=O)C(C)(C)C)S(=O)(=O)NCC(=O)Nc1ccccc1. The maximum absolute atomic E-state index is 13.8. The fourth-order valence-electron chi connectivity index (χ4n) is 6.80. The van der Waals surface area contributed by atoms with E-state index in [4.69, 9.17) is 21.1 Å². The molecule has 10 nitrogen and oxygen atoms in total. The number of carbonyl (C=O) groups excluding carboxylic acids is 2. The number of anilines is 1. The van der Waals surface area contributed by atoms with Crippen molar-refractivity contribution >= 4 is 48.8 Å². The molecule has 332 valence electrons. The van der Waals surface area contributed by atoms with Crippen molar-refractivity contribution in [2.75, 3.05) is 11.9 Å². The number of sulfone groups is 1. The minimum absolute atomic E-state index is 0.0356. The van der Waals surface area contributed by atoms with Crippen LogP contribution in [0.3, 0.4) is 0 Å². The van der Waals surface area contributed by atoms with Gasteiger partial charge in [-0.05, 0) is 85.5 Å². The Labute approximate surface area is 369 Å². The molecular weight excluding hydrogens is 832 g/mol. The van der Waals surface area contributed by atoms with E-state index in [0.717, 1.165) is 31.2 Å². The minimum atomic E-state index is -3.96. The molecule has 3 atom stereocenters. The van der Waals surface area contributed by atoms with Crippen LogP contribution in [-0.4, -0.2) is 51.8 Å². The number of alkyl halides is 1. The Morgan fingerprint density at radius 3 is 1.74 bits per heavy atom. The summed E-state index contributed by atoms with van der Waals surface area (Å²) in [7, 11) is -7.86. The standard InChI is InChI=1S/C48H63ClN2O8S2/c1-5-6-7-8-9-10-11-12-19-24-43(61(56,57)50-35-45(52)51-38-22-17-14-18-23-38)33-34-44(49)46(47(53)48(2,3)4)59-40-27-31-42(32-28-40)60(54,55)41-29-25-39(26-30-41)58-36-37-20-15-13-16-21-37/h13-18,20-23,25-32,43-44,46,50H,5-12,19,24,33-36H2,1-4H3,(H,51,52). The molecule has 13 heteroatoms. The highest BCUT2D eigenvalue weighted by molar-refractivity contribution is 7.91. The zero-order valence-electron chi connectivity index (χ0n) is 36.0. The van der Waals surface area contributed by atoms with Crippen molar-refractivity contribution in [3.05, 3.63) is 115 Å². The molecule has 1 amide bonds. The first-order chi connectivity index (χ1) is 29.1. The summed E-state index contributed by atoms with van der Waals surface area (Å²) in [5.41, 5.74) is 0.697. The van der Waals surface area contributed by atoms with Crippen molar-refractivity contribution in [3.8, 4) is 11.5 Å². The second-order valence-corrected chi connectivity index (χ2v) is 21.0. The number of benzene rings is 4. The van der Waals surface area contributed by atoms with Gasteiger partial charge in [-0.2, -0.15) is 0 Å². The molecule has 61 heavy (non-hydrogen) atoms. The molecule has 0 saturated carbocycles. The lowest BCUT2D eigenvalue weighted by Gasteiger charge is -2.29. The summed E-state index contributed by atoms with van der Waals surface area (Å²) < 4.78 is 69.1. The van der Waals surface area contributed by atoms with Crippen LogP contribution in [0.2, 0.25) is 0 Å². The molecule has 4 aromatic carbocycles. The highest BCUT2D eigenvalue weighted by Gasteiger charge is 2.37. The van der Waals surface area contributed by atoms with Crippen LogP contribution in [-0.2, 0) is 36.1 Å². The number of ether oxygens (including phenoxy) is 2. The Kier molecular flexibility index (Phi) is 19.8. The van der Waals surface area contributed by atoms with Gasteiger partial charge in [-0.15, -0.1) is 11.6 Å². The van der Waals surface area contributed by atoms with Gasteiger partial charge in [0.15, 0.2) is 11.9 Å². The molecular formula is C48H63ClN2O8S2. The quantitative estimate of drug-likeness (QED) is 0.0445. The first-order valence-corrected chi connectivity index (χ1v) is 24.9. The molecule has 0 fully saturated rings. The van der Waals surface area contributed by atoms with Crippen molar-refractivity contribution in [1.82, 2.24) is 4.72 Å². The second kappa shape index (κ2) is 24.4. The zero-order valence-corrected chi connectivity index (χ0v) is 38.4. The summed E-state index contributed by atoms with van der Waals surface area (Å²) in [6.45, 7) is 7.38. The molecule has 4 rings (SSSR count). The van der Waals surface area contributed by atoms with Gasteiger partial charge in [0.1, 0.15) is 18.1 Å². The van der Waals surface area contributed by atoms with Crippen LogP contribution in [0.4, 0.5) is 5.69 Å². The number of ketones is 1. The van der Waals surface area contributed by atoms with Gasteiger partial charge in [0, 0.05) is 11.1 Å². The zero-order chi connectivity index (χ0) is 44.3. The molecule has 0 heterocycles. The van der Waals surface area contributed by atoms with Gasteiger partial charge in [0.2, 0.25) is 25.8 Å². The molecule has 3 unspecified atom stereocenters. The lowest BCUT2D eigenvalue weighted by Crippen LogP contribution is -2.44. The maximum atomic E-state index is 13.8. The van der Waals surface area contributed by atoms with Gasteiger partial charge >= 0.3 is 0 Å². The van der Waals surface area contributed by atoms with Crippen LogP contribution in [0.25, 0.3) is 0 Å². The predicted molar refractivity (Wildman–Crippen MR) is 244 cm³/mol. The third-order valence-electron chi connectivity index (χ3n) is 10.4. The molecule has 0 saturated heterocycles. The Morgan fingerprint density at radius 1 is 0.656 bits per heavy atom. The normalized spacial score (nSPS) is 13.5. The van der Waals surface area contributed by atoms with E-state index in [-0.39, 0.29) is 34.2 Å². The topological polar surface area (TPSA) is 145 Å². The summed E-state index contributed by atoms with van der Waals surface area (Å²) >= 11 is 6.99. The van der Waals surface area contributed by atoms with Gasteiger partial charge in [0.05, 0.1) is 27.0 Å². The monoisotopic (exact) mass is 894 g/mol. The van der Waals surface area contributed by atoms with E-state index in [0.29, 0.717) is 30.9 Å². The van der Waals surface area contributed by atoms with Gasteiger partial charge in [-0.25, -0.2) is 21.6 Å². The van der Waals surface area contributed by atoms with E-state index in [2.05, 4.69) is 17.0 Å². The average Bonchev–Trinajstić information content (AvgIpc) is 3.25. The average molecular weight is 896 g/mol. The fraction of sp³-hybridized carbons (Fsp3) is 0.458. The third kappa shape index (κ3) is 16.5. The van der Waals surface area contributed by atoms with Crippen molar-refractivity contribution < 1.29 is 35.9 Å². The lowest BCUT2D eigenvalue weighted by molar-refractivity contribution is -0.133. The summed E-state index contributed by atoms with van der Waals surface area (Å²) in [5, 5.41) is 0.929. The van der Waals surface area contributed by atoms with Gasteiger partial charge < -0.3 is 14.8 Å². The number of sulfonamides is 1. The van der Waals surface area contributed by atoms with Crippen LogP contribution in [0, 0.1) is 5.41 Å². The van der Waals surface area contributed by atoms with Crippen LogP contribution < -0.4 is 19.5 Å². The van der Waals surface area contributed by atoms with Crippen molar-refractivity contribution in [1.29, 1.82) is 0 Å². The Bertz CT molecular complexity index is 2150. The number of amides is 1. The Morgan fingerprint density at radius 2 is 1.18 bits per heavy atom. The number of hydrogen-bond donors (Lipinski definition) is 2. The van der Waals surface area contributed by atoms with E-state index >= 15 is 0 Å². The Balaban J connectivity index is 1.42. The van der Waals surface area contributed by atoms with Crippen LogP contribution in [0.1, 0.15) is 110 Å². The van der Waals surface area contributed by atoms with E-state index in [1.807, 2.05) is 36.4 Å². The molecule has 0 aliphatic carbocycles. The number of carbonyl (C=O) groups is 2. The van der Waals surface area contributed by atoms with E-state index in [1.165, 1.54) is 62.1 Å². The predicted octanol–water partition coefficient (Wildman–Crippen LogP) is 10.7. The molecule has 0 radical (unpaired) electrons. The number of rotatable bonds is 27. The van der Waals surface area contributed by atoms with Gasteiger partial charge in [-0.1, -0.05) is 134 Å². The van der Waals surface area contributed by atoms with Crippen LogP contribution in [0.5, 0.6) is 11.5 Å². The number of halogens is 1. The molecule has 2 N–H and O–H groups in total. The number of nitrogens with one attached hydrogen (secondary N) is 2. The minimum Gasteiger partial charge on any atom is -0.489 e. The van der Waals surface area contributed by atoms with Crippen LogP contribution in [0.15, 0.2) is 119 Å². The molecule has 0 bridgehead atoms. The first kappa shape index (κ1) is 49.4. The van der Waals surface area contributed by atoms with Crippen LogP contribution >= 0.6 is 11.6 Å². The highest BCUT2D eigenvalue weighted by Crippen LogP contribution is 2.30. The third-order valence-corrected chi connectivity index (χ3v) is 14.6. The summed E-state index contributed by atoms with van der Waals surface area (Å²) in [6.07, 6.45) is 9.18. The summed E-state index contributed by atoms with van der Waals surface area (Å²) in [4.78, 5) is 26.6. The summed E-state index contributed by atoms with van der Waals surface area (Å²) in [5.74, 6) is -0.00166.